The Hall–Kier alpha value is -2.80. The van der Waals surface area contributed by atoms with Crippen LogP contribution in [0, 0.1) is 11.8 Å². The summed E-state index contributed by atoms with van der Waals surface area (Å²) in [7, 11) is 3.80. The van der Waals surface area contributed by atoms with Gasteiger partial charge < -0.3 is 28.1 Å². The molecule has 4 aliphatic rings. The van der Waals surface area contributed by atoms with Crippen molar-refractivity contribution in [2.24, 2.45) is 11.8 Å². The van der Waals surface area contributed by atoms with E-state index in [4.69, 9.17) is 22.8 Å². The Bertz CT molecular complexity index is 1500. The molecule has 11 heteroatoms. The van der Waals surface area contributed by atoms with E-state index in [1.807, 2.05) is 30.0 Å². The summed E-state index contributed by atoms with van der Waals surface area (Å²) in [5.41, 5.74) is 6.02. The van der Waals surface area contributed by atoms with Gasteiger partial charge in [-0.05, 0) is 72.3 Å². The summed E-state index contributed by atoms with van der Waals surface area (Å²) in [6.45, 7) is 16.5. The molecule has 0 spiro atoms. The van der Waals surface area contributed by atoms with Gasteiger partial charge in [-0.15, -0.1) is 18.3 Å². The highest BCUT2D eigenvalue weighted by atomic mass is 32.2. The van der Waals surface area contributed by atoms with Crippen molar-refractivity contribution in [1.29, 1.82) is 0 Å². The second-order valence-electron chi connectivity index (χ2n) is 14.1. The Morgan fingerprint density at radius 3 is 2.30 bits per heavy atom. The number of hydrogen-bond donors (Lipinski definition) is 2. The molecule has 274 valence electrons. The summed E-state index contributed by atoms with van der Waals surface area (Å²) in [4.78, 5) is 16.9. The Kier molecular flexibility index (Phi) is 12.8. The maximum Gasteiger partial charge on any atom is 0.513 e. The molecule has 4 heterocycles. The van der Waals surface area contributed by atoms with Crippen molar-refractivity contribution in [1.82, 2.24) is 4.90 Å². The number of piperidine rings is 3. The van der Waals surface area contributed by atoms with Crippen LogP contribution in [0.3, 0.4) is 0 Å². The highest BCUT2D eigenvalue weighted by Crippen LogP contribution is 2.49. The predicted molar refractivity (Wildman–Crippen MR) is 207 cm³/mol. The van der Waals surface area contributed by atoms with E-state index < -0.39 is 21.0 Å². The SMILES string of the molecule is C=C[C@H]1CN2C(SC(CC)[Si](OC)(OC)OC)CC1C[C@H]2[C@H](OC(=O)Nc1c(C(C)C)cccc1C(C)C)C1=CCNc2ccc(OC)cc21. The Morgan fingerprint density at radius 2 is 1.74 bits per heavy atom. The van der Waals surface area contributed by atoms with E-state index in [0.29, 0.717) is 18.4 Å². The van der Waals surface area contributed by atoms with Crippen molar-refractivity contribution >= 4 is 43.6 Å². The number of fused-ring (bicyclic) bond motifs is 4. The Balaban J connectivity index is 1.55. The minimum absolute atomic E-state index is 0.0439. The number of benzene rings is 2. The van der Waals surface area contributed by atoms with Crippen LogP contribution < -0.4 is 15.4 Å². The normalized spacial score (nSPS) is 24.2. The number of nitrogens with zero attached hydrogens (tertiary/aromatic N) is 1. The third-order valence-corrected chi connectivity index (χ3v) is 16.4. The van der Waals surface area contributed by atoms with Gasteiger partial charge in [0.05, 0.1) is 29.1 Å². The van der Waals surface area contributed by atoms with Crippen LogP contribution >= 0.6 is 11.8 Å². The van der Waals surface area contributed by atoms with Crippen LogP contribution in [0.25, 0.3) is 5.57 Å². The fraction of sp³-hybridized carbons (Fsp3) is 0.564. The molecule has 2 N–H and O–H groups in total. The molecule has 9 nitrogen and oxygen atoms in total. The molecule has 3 saturated heterocycles. The largest absolute Gasteiger partial charge is 0.513 e. The second kappa shape index (κ2) is 16.7. The van der Waals surface area contributed by atoms with Crippen LogP contribution in [0.1, 0.15) is 82.4 Å². The monoisotopic (exact) mass is 723 g/mol. The van der Waals surface area contributed by atoms with Gasteiger partial charge >= 0.3 is 14.9 Å². The van der Waals surface area contributed by atoms with Gasteiger partial charge in [0, 0.05) is 51.2 Å². The van der Waals surface area contributed by atoms with E-state index in [2.05, 4.69) is 87.1 Å². The van der Waals surface area contributed by atoms with Gasteiger partial charge in [-0.1, -0.05) is 65.0 Å². The number of hydrogen-bond acceptors (Lipinski definition) is 9. The summed E-state index contributed by atoms with van der Waals surface area (Å²) >= 11 is 1.88. The Labute approximate surface area is 304 Å². The second-order valence-corrected chi connectivity index (χ2v) is 19.1. The lowest BCUT2D eigenvalue weighted by Crippen LogP contribution is -2.63. The molecule has 2 aromatic rings. The van der Waals surface area contributed by atoms with E-state index in [9.17, 15) is 4.79 Å². The predicted octanol–water partition coefficient (Wildman–Crippen LogP) is 8.52. The van der Waals surface area contributed by atoms with Crippen molar-refractivity contribution < 1.29 is 27.5 Å². The summed E-state index contributed by atoms with van der Waals surface area (Å²) in [5, 5.41) is 6.91. The summed E-state index contributed by atoms with van der Waals surface area (Å²) in [5.74, 6) is 1.96. The zero-order valence-electron chi connectivity index (χ0n) is 31.3. The maximum absolute atomic E-state index is 14.3. The standard InChI is InChI=1S/C39H57N3O6SSi/c1-11-26-23-42-34(20-27(26)21-35(42)49-36(12-2)50(45-8,46-9)47-10)38(31-18-19-40-33-17-16-28(44-7)22-32(31)33)48-39(43)41-37-29(24(3)4)14-13-15-30(37)25(5)6/h11,13-18,22,24-27,34-36,38,40H,1,12,19-21,23H2,2-10H3,(H,41,43)/t26-,27?,34-,35?,36?,38+/m0/s1. The molecule has 0 aliphatic carbocycles. The van der Waals surface area contributed by atoms with E-state index in [-0.39, 0.29) is 28.1 Å². The number of methoxy groups -OCH3 is 1. The lowest BCUT2D eigenvalue weighted by molar-refractivity contribution is -0.0390. The summed E-state index contributed by atoms with van der Waals surface area (Å²) in [6.07, 6.45) is 6.02. The van der Waals surface area contributed by atoms with E-state index in [1.54, 1.807) is 28.4 Å². The molecule has 7 atom stereocenters. The molecular weight excluding hydrogens is 667 g/mol. The van der Waals surface area contributed by atoms with Gasteiger partial charge in [0.2, 0.25) is 0 Å². The first-order valence-electron chi connectivity index (χ1n) is 18.0. The number of anilines is 2. The highest BCUT2D eigenvalue weighted by Gasteiger charge is 2.53. The topological polar surface area (TPSA) is 90.5 Å². The third-order valence-electron chi connectivity index (χ3n) is 10.8. The fourth-order valence-electron chi connectivity index (χ4n) is 8.09. The van der Waals surface area contributed by atoms with Gasteiger partial charge in [0.25, 0.3) is 0 Å². The molecule has 1 amide bonds. The number of nitrogens with one attached hydrogen (secondary N) is 2. The maximum atomic E-state index is 14.3. The molecule has 0 aromatic heterocycles. The molecule has 3 fully saturated rings. The molecule has 2 bridgehead atoms. The first-order valence-corrected chi connectivity index (χ1v) is 20.7. The van der Waals surface area contributed by atoms with Crippen molar-refractivity contribution in [3.05, 3.63) is 71.8 Å². The quantitative estimate of drug-likeness (QED) is 0.139. The minimum atomic E-state index is -2.93. The van der Waals surface area contributed by atoms with Gasteiger partial charge in [-0.25, -0.2) is 4.79 Å². The van der Waals surface area contributed by atoms with Gasteiger partial charge in [0.15, 0.2) is 0 Å². The molecule has 50 heavy (non-hydrogen) atoms. The van der Waals surface area contributed by atoms with Gasteiger partial charge in [-0.3, -0.25) is 10.2 Å². The van der Waals surface area contributed by atoms with E-state index in [1.165, 1.54) is 0 Å². The zero-order chi connectivity index (χ0) is 36.2. The molecule has 4 aliphatic heterocycles. The van der Waals surface area contributed by atoms with Gasteiger partial charge in [0.1, 0.15) is 11.9 Å². The number of rotatable bonds is 15. The lowest BCUT2D eigenvalue weighted by atomic mass is 9.72. The van der Waals surface area contributed by atoms with Crippen LogP contribution in [0.2, 0.25) is 0 Å². The zero-order valence-corrected chi connectivity index (χ0v) is 33.1. The van der Waals surface area contributed by atoms with Crippen LogP contribution in [0.4, 0.5) is 16.2 Å². The molecule has 4 unspecified atom stereocenters. The number of carbonyl (C=O) groups is 1. The van der Waals surface area contributed by atoms with E-state index >= 15 is 0 Å². The average Bonchev–Trinajstić information content (AvgIpc) is 3.13. The van der Waals surface area contributed by atoms with Gasteiger partial charge in [-0.2, -0.15) is 0 Å². The third kappa shape index (κ3) is 7.68. The molecule has 0 radical (unpaired) electrons. The fourth-order valence-corrected chi connectivity index (χ4v) is 13.2. The summed E-state index contributed by atoms with van der Waals surface area (Å²) in [6, 6.07) is 12.3. The van der Waals surface area contributed by atoms with Crippen molar-refractivity contribution in [2.45, 2.75) is 88.1 Å². The van der Waals surface area contributed by atoms with Crippen LogP contribution in [-0.4, -0.2) is 83.7 Å². The van der Waals surface area contributed by atoms with Crippen molar-refractivity contribution in [2.75, 3.05) is 52.2 Å². The number of ether oxygens (including phenoxy) is 2. The smallest absolute Gasteiger partial charge is 0.497 e. The van der Waals surface area contributed by atoms with Crippen LogP contribution in [0.5, 0.6) is 5.75 Å². The first-order chi connectivity index (χ1) is 24.0. The lowest BCUT2D eigenvalue weighted by Gasteiger charge is -2.56. The molecule has 6 rings (SSSR count). The molecule has 0 saturated carbocycles. The first kappa shape index (κ1) is 38.4. The number of carbonyl (C=O) groups excluding carboxylic acids is 1. The Morgan fingerprint density at radius 1 is 1.06 bits per heavy atom. The highest BCUT2D eigenvalue weighted by molar-refractivity contribution is 8.02. The average molecular weight is 724 g/mol. The van der Waals surface area contributed by atoms with Crippen LogP contribution in [-0.2, 0) is 18.0 Å². The summed E-state index contributed by atoms with van der Waals surface area (Å²) < 4.78 is 30.3. The number of amides is 1. The van der Waals surface area contributed by atoms with Crippen molar-refractivity contribution in [3.8, 4) is 5.75 Å². The number of para-hydroxylation sites is 1. The minimum Gasteiger partial charge on any atom is -0.497 e. The molecule has 2 aromatic carbocycles. The van der Waals surface area contributed by atoms with E-state index in [0.717, 1.165) is 65.2 Å². The van der Waals surface area contributed by atoms with Crippen LogP contribution in [0.15, 0.2) is 55.1 Å². The number of thioether (sulfide) groups is 1. The molecular formula is C39H57N3O6SSi. The van der Waals surface area contributed by atoms with Crippen molar-refractivity contribution in [3.63, 3.8) is 0 Å².